The van der Waals surface area contributed by atoms with Gasteiger partial charge in [0, 0.05) is 18.1 Å². The van der Waals surface area contributed by atoms with Crippen molar-refractivity contribution in [1.82, 2.24) is 5.32 Å². The Bertz CT molecular complexity index is 287. The maximum Gasteiger partial charge on any atom is 0.0125 e. The van der Waals surface area contributed by atoms with Gasteiger partial charge in [-0.25, -0.2) is 0 Å². The molecule has 0 unspecified atom stereocenters. The lowest BCUT2D eigenvalue weighted by atomic mass is 9.91. The quantitative estimate of drug-likeness (QED) is 0.769. The monoisotopic (exact) mass is 204 g/mol. The first-order valence-electron chi connectivity index (χ1n) is 5.79. The molecule has 0 bridgehead atoms. The molecule has 2 rings (SSSR count). The van der Waals surface area contributed by atoms with Gasteiger partial charge in [-0.05, 0) is 31.7 Å². The number of rotatable bonds is 2. The Kier molecular flexibility index (Phi) is 3.39. The average molecular weight is 204 g/mol. The molecule has 2 nitrogen and oxygen atoms in total. The summed E-state index contributed by atoms with van der Waals surface area (Å²) in [6, 6.07) is 12.1. The highest BCUT2D eigenvalue weighted by Crippen LogP contribution is 2.15. The fourth-order valence-corrected chi connectivity index (χ4v) is 2.50. The molecule has 1 aliphatic heterocycles. The molecule has 1 fully saturated rings. The Morgan fingerprint density at radius 3 is 2.67 bits per heavy atom. The summed E-state index contributed by atoms with van der Waals surface area (Å²) in [6.45, 7) is 2.22. The molecule has 1 aliphatic rings. The summed E-state index contributed by atoms with van der Waals surface area (Å²) in [4.78, 5) is 0. The van der Waals surface area contributed by atoms with E-state index < -0.39 is 0 Å². The predicted octanol–water partition coefficient (Wildman–Crippen LogP) is 1.70. The lowest BCUT2D eigenvalue weighted by Gasteiger charge is -2.33. The van der Waals surface area contributed by atoms with Crippen LogP contribution in [0.25, 0.3) is 0 Å². The van der Waals surface area contributed by atoms with E-state index in [1.165, 1.54) is 5.56 Å². The average Bonchev–Trinajstić information content (AvgIpc) is 2.17. The van der Waals surface area contributed by atoms with E-state index in [1.54, 1.807) is 0 Å². The molecule has 1 aromatic rings. The van der Waals surface area contributed by atoms with Gasteiger partial charge in [-0.1, -0.05) is 30.3 Å². The van der Waals surface area contributed by atoms with Crippen molar-refractivity contribution in [3.05, 3.63) is 35.9 Å². The molecule has 0 spiro atoms. The van der Waals surface area contributed by atoms with Crippen molar-refractivity contribution in [2.75, 3.05) is 0 Å². The molecule has 3 N–H and O–H groups in total. The molecule has 0 saturated carbocycles. The summed E-state index contributed by atoms with van der Waals surface area (Å²) in [5, 5.41) is 3.62. The predicted molar refractivity (Wildman–Crippen MR) is 63.7 cm³/mol. The first kappa shape index (κ1) is 10.7. The van der Waals surface area contributed by atoms with Crippen molar-refractivity contribution in [2.24, 2.45) is 5.73 Å². The Balaban J connectivity index is 1.94. The van der Waals surface area contributed by atoms with Crippen molar-refractivity contribution < 1.29 is 0 Å². The van der Waals surface area contributed by atoms with Gasteiger partial charge in [-0.3, -0.25) is 0 Å². The molecule has 1 saturated heterocycles. The Labute approximate surface area is 91.9 Å². The van der Waals surface area contributed by atoms with E-state index in [9.17, 15) is 0 Å². The second kappa shape index (κ2) is 4.77. The smallest absolute Gasteiger partial charge is 0.0125 e. The van der Waals surface area contributed by atoms with Crippen LogP contribution in [0.4, 0.5) is 0 Å². The van der Waals surface area contributed by atoms with Crippen LogP contribution in [0.2, 0.25) is 0 Å². The van der Waals surface area contributed by atoms with Crippen molar-refractivity contribution in [2.45, 2.75) is 44.3 Å². The van der Waals surface area contributed by atoms with Crippen LogP contribution in [0, 0.1) is 0 Å². The minimum atomic E-state index is 0.370. The van der Waals surface area contributed by atoms with Crippen molar-refractivity contribution in [3.8, 4) is 0 Å². The third-order valence-corrected chi connectivity index (χ3v) is 3.09. The number of piperidine rings is 1. The molecule has 1 heterocycles. The Hall–Kier alpha value is -0.860. The largest absolute Gasteiger partial charge is 0.328 e. The molecule has 0 radical (unpaired) electrons. The first-order valence-corrected chi connectivity index (χ1v) is 5.79. The van der Waals surface area contributed by atoms with Crippen LogP contribution >= 0.6 is 0 Å². The van der Waals surface area contributed by atoms with E-state index in [-0.39, 0.29) is 0 Å². The fourth-order valence-electron chi connectivity index (χ4n) is 2.50. The third kappa shape index (κ3) is 3.05. The van der Waals surface area contributed by atoms with Crippen molar-refractivity contribution in [1.29, 1.82) is 0 Å². The molecule has 0 aromatic heterocycles. The molecular formula is C13H20N2. The van der Waals surface area contributed by atoms with Crippen molar-refractivity contribution >= 4 is 0 Å². The zero-order chi connectivity index (χ0) is 10.7. The topological polar surface area (TPSA) is 38.0 Å². The summed E-state index contributed by atoms with van der Waals surface area (Å²) in [7, 11) is 0. The van der Waals surface area contributed by atoms with E-state index >= 15 is 0 Å². The summed E-state index contributed by atoms with van der Waals surface area (Å²) in [5.41, 5.74) is 7.43. The molecule has 0 aliphatic carbocycles. The van der Waals surface area contributed by atoms with Gasteiger partial charge < -0.3 is 11.1 Å². The maximum atomic E-state index is 6.03. The van der Waals surface area contributed by atoms with Gasteiger partial charge in [0.1, 0.15) is 0 Å². The van der Waals surface area contributed by atoms with E-state index in [1.807, 2.05) is 0 Å². The SMILES string of the molecule is C[C@H]1C[C@@H](N)C[C@@H](Cc2ccccc2)N1. The number of hydrogen-bond acceptors (Lipinski definition) is 2. The number of benzene rings is 1. The second-order valence-electron chi connectivity index (χ2n) is 4.69. The minimum Gasteiger partial charge on any atom is -0.328 e. The standard InChI is InChI=1S/C13H20N2/c1-10-7-12(14)9-13(15-10)8-11-5-3-2-4-6-11/h2-6,10,12-13,15H,7-9,14H2,1H3/t10-,12+,13+/m0/s1. The Morgan fingerprint density at radius 1 is 1.27 bits per heavy atom. The minimum absolute atomic E-state index is 0.370. The van der Waals surface area contributed by atoms with Crippen LogP contribution in [0.5, 0.6) is 0 Å². The highest BCUT2D eigenvalue weighted by Gasteiger charge is 2.23. The van der Waals surface area contributed by atoms with Crippen LogP contribution in [0.15, 0.2) is 30.3 Å². The number of hydrogen-bond donors (Lipinski definition) is 2. The lowest BCUT2D eigenvalue weighted by molar-refractivity contribution is 0.301. The summed E-state index contributed by atoms with van der Waals surface area (Å²) in [6.07, 6.45) is 3.30. The molecule has 15 heavy (non-hydrogen) atoms. The van der Waals surface area contributed by atoms with Gasteiger partial charge in [-0.2, -0.15) is 0 Å². The van der Waals surface area contributed by atoms with Gasteiger partial charge in [0.2, 0.25) is 0 Å². The van der Waals surface area contributed by atoms with Gasteiger partial charge in [-0.15, -0.1) is 0 Å². The highest BCUT2D eigenvalue weighted by molar-refractivity contribution is 5.16. The van der Waals surface area contributed by atoms with Crippen LogP contribution in [0.3, 0.4) is 0 Å². The summed E-state index contributed by atoms with van der Waals surface area (Å²) >= 11 is 0. The zero-order valence-electron chi connectivity index (χ0n) is 9.32. The number of nitrogens with one attached hydrogen (secondary N) is 1. The molecule has 0 amide bonds. The maximum absolute atomic E-state index is 6.03. The summed E-state index contributed by atoms with van der Waals surface area (Å²) < 4.78 is 0. The molecule has 2 heteroatoms. The Morgan fingerprint density at radius 2 is 2.00 bits per heavy atom. The zero-order valence-corrected chi connectivity index (χ0v) is 9.32. The summed E-state index contributed by atoms with van der Waals surface area (Å²) in [5.74, 6) is 0. The second-order valence-corrected chi connectivity index (χ2v) is 4.69. The molecule has 82 valence electrons. The van der Waals surface area contributed by atoms with Gasteiger partial charge in [0.05, 0.1) is 0 Å². The highest BCUT2D eigenvalue weighted by atomic mass is 15.0. The normalized spacial score (nSPS) is 31.5. The van der Waals surface area contributed by atoms with Gasteiger partial charge in [0.25, 0.3) is 0 Å². The third-order valence-electron chi connectivity index (χ3n) is 3.09. The van der Waals surface area contributed by atoms with E-state index in [0.717, 1.165) is 19.3 Å². The van der Waals surface area contributed by atoms with Gasteiger partial charge in [0.15, 0.2) is 0 Å². The van der Waals surface area contributed by atoms with Crippen LogP contribution < -0.4 is 11.1 Å². The van der Waals surface area contributed by atoms with E-state index in [2.05, 4.69) is 42.6 Å². The van der Waals surface area contributed by atoms with Gasteiger partial charge >= 0.3 is 0 Å². The number of nitrogens with two attached hydrogens (primary N) is 1. The molecule has 1 aromatic carbocycles. The van der Waals surface area contributed by atoms with Crippen LogP contribution in [-0.4, -0.2) is 18.1 Å². The van der Waals surface area contributed by atoms with Crippen LogP contribution in [0.1, 0.15) is 25.3 Å². The molecule has 3 atom stereocenters. The van der Waals surface area contributed by atoms with Crippen molar-refractivity contribution in [3.63, 3.8) is 0 Å². The lowest BCUT2D eigenvalue weighted by Crippen LogP contribution is -2.49. The molecular weight excluding hydrogens is 184 g/mol. The first-order chi connectivity index (χ1) is 7.24. The van der Waals surface area contributed by atoms with E-state index in [0.29, 0.717) is 18.1 Å². The van der Waals surface area contributed by atoms with Crippen LogP contribution in [-0.2, 0) is 6.42 Å². The fraction of sp³-hybridized carbons (Fsp3) is 0.538. The van der Waals surface area contributed by atoms with E-state index in [4.69, 9.17) is 5.73 Å².